The molecule has 9 nitrogen and oxygen atoms in total. The number of ether oxygens (including phenoxy) is 2. The maximum absolute atomic E-state index is 14.7. The van der Waals surface area contributed by atoms with Gasteiger partial charge in [0.15, 0.2) is 5.82 Å². The van der Waals surface area contributed by atoms with E-state index in [2.05, 4.69) is 26.3 Å². The van der Waals surface area contributed by atoms with Crippen LogP contribution in [0.4, 0.5) is 39.3 Å². The Kier molecular flexibility index (Phi) is 10.0. The molecule has 2 aliphatic rings. The molecular weight excluding hydrogens is 553 g/mol. The van der Waals surface area contributed by atoms with Crippen molar-refractivity contribution in [2.75, 3.05) is 62.8 Å². The molecule has 2 aliphatic heterocycles. The molecule has 3 aromatic rings. The molecule has 0 unspecified atom stereocenters. The van der Waals surface area contributed by atoms with Gasteiger partial charge in [0.05, 0.1) is 32.6 Å². The molecule has 0 aliphatic carbocycles. The first-order valence-corrected chi connectivity index (χ1v) is 12.7. The minimum Gasteiger partial charge on any atom is -0.475 e. The number of hydrogen-bond donors (Lipinski definition) is 2. The minimum absolute atomic E-state index is 0.0518. The van der Waals surface area contributed by atoms with Crippen LogP contribution in [0.15, 0.2) is 48.7 Å². The lowest BCUT2D eigenvalue weighted by Gasteiger charge is -2.29. The van der Waals surface area contributed by atoms with Crippen LogP contribution < -0.4 is 10.2 Å². The second kappa shape index (κ2) is 13.7. The van der Waals surface area contributed by atoms with Gasteiger partial charge in [-0.3, -0.25) is 4.90 Å². The molecule has 2 fully saturated rings. The van der Waals surface area contributed by atoms with Gasteiger partial charge in [-0.2, -0.15) is 13.2 Å². The van der Waals surface area contributed by atoms with E-state index >= 15 is 0 Å². The number of benzene rings is 2. The number of aromatic nitrogens is 2. The first-order chi connectivity index (χ1) is 19.6. The SMILES string of the molecule is Fc1cc(-c2nc(Nc3cccc(CN4CCOCC4)c3)ncc2F)cc(N2CCOCC2)c1.O=C(O)C(F)(F)F. The molecule has 0 radical (unpaired) electrons. The van der Waals surface area contributed by atoms with Gasteiger partial charge in [0.2, 0.25) is 5.95 Å². The summed E-state index contributed by atoms with van der Waals surface area (Å²) in [6.07, 6.45) is -3.97. The van der Waals surface area contributed by atoms with Crippen molar-refractivity contribution in [2.45, 2.75) is 12.7 Å². The van der Waals surface area contributed by atoms with Crippen LogP contribution in [0.2, 0.25) is 0 Å². The normalized spacial score (nSPS) is 16.1. The molecule has 5 rings (SSSR count). The Labute approximate surface area is 232 Å². The summed E-state index contributed by atoms with van der Waals surface area (Å²) in [6, 6.07) is 12.5. The van der Waals surface area contributed by atoms with E-state index in [1.165, 1.54) is 12.1 Å². The number of hydrogen-bond acceptors (Lipinski definition) is 8. The lowest BCUT2D eigenvalue weighted by molar-refractivity contribution is -0.192. The number of aliphatic carboxylic acids is 1. The van der Waals surface area contributed by atoms with Crippen molar-refractivity contribution in [3.63, 3.8) is 0 Å². The molecule has 0 saturated carbocycles. The number of nitrogens with one attached hydrogen (secondary N) is 1. The molecule has 14 heteroatoms. The van der Waals surface area contributed by atoms with Crippen LogP contribution >= 0.6 is 0 Å². The molecule has 3 heterocycles. The van der Waals surface area contributed by atoms with Crippen molar-refractivity contribution >= 4 is 23.3 Å². The predicted octanol–water partition coefficient (Wildman–Crippen LogP) is 4.47. The Morgan fingerprint density at radius 3 is 2.29 bits per heavy atom. The van der Waals surface area contributed by atoms with Gasteiger partial charge in [0, 0.05) is 49.7 Å². The Bertz CT molecular complexity index is 1330. The third-order valence-corrected chi connectivity index (χ3v) is 6.21. The molecule has 1 aromatic heterocycles. The molecule has 0 bridgehead atoms. The van der Waals surface area contributed by atoms with Crippen LogP contribution in [0, 0.1) is 11.6 Å². The topological polar surface area (TPSA) is 100 Å². The highest BCUT2D eigenvalue weighted by Gasteiger charge is 2.38. The van der Waals surface area contributed by atoms with Gasteiger partial charge in [0.25, 0.3) is 0 Å². The van der Waals surface area contributed by atoms with Crippen molar-refractivity contribution in [3.8, 4) is 11.3 Å². The number of alkyl halides is 3. The van der Waals surface area contributed by atoms with E-state index in [0.717, 1.165) is 50.3 Å². The summed E-state index contributed by atoms with van der Waals surface area (Å²) in [5, 5.41) is 10.3. The zero-order chi connectivity index (χ0) is 29.4. The van der Waals surface area contributed by atoms with Crippen molar-refractivity contribution in [1.82, 2.24) is 14.9 Å². The molecular formula is C27H28F5N5O4. The Morgan fingerprint density at radius 2 is 1.63 bits per heavy atom. The van der Waals surface area contributed by atoms with Crippen LogP contribution in [0.5, 0.6) is 0 Å². The molecule has 0 spiro atoms. The summed E-state index contributed by atoms with van der Waals surface area (Å²) < 4.78 is 71.7. The van der Waals surface area contributed by atoms with Crippen LogP contribution in [-0.2, 0) is 20.8 Å². The van der Waals surface area contributed by atoms with Crippen molar-refractivity contribution < 1.29 is 41.3 Å². The van der Waals surface area contributed by atoms with Gasteiger partial charge in [0.1, 0.15) is 11.5 Å². The Morgan fingerprint density at radius 1 is 0.976 bits per heavy atom. The zero-order valence-corrected chi connectivity index (χ0v) is 21.8. The van der Waals surface area contributed by atoms with E-state index < -0.39 is 23.8 Å². The number of halogens is 5. The Balaban J connectivity index is 0.000000493. The van der Waals surface area contributed by atoms with E-state index in [1.807, 2.05) is 23.1 Å². The molecule has 220 valence electrons. The van der Waals surface area contributed by atoms with Crippen molar-refractivity contribution in [3.05, 3.63) is 65.9 Å². The number of carboxylic acids is 1. The molecule has 2 saturated heterocycles. The Hall–Kier alpha value is -3.88. The largest absolute Gasteiger partial charge is 0.490 e. The van der Waals surface area contributed by atoms with E-state index in [-0.39, 0.29) is 11.6 Å². The standard InChI is InChI=1S/C25H27F2N5O2.C2HF3O2/c26-20-13-19(14-22(15-20)32-6-10-34-11-7-32)24-23(27)16-28-25(30-24)29-21-3-1-2-18(12-21)17-31-4-8-33-9-5-31;3-2(4,5)1(6)7/h1-3,12-16H,4-11,17H2,(H,28,29,30);(H,6,7). The van der Waals surface area contributed by atoms with Gasteiger partial charge in [-0.15, -0.1) is 0 Å². The highest BCUT2D eigenvalue weighted by atomic mass is 19.4. The van der Waals surface area contributed by atoms with Crippen LogP contribution in [0.25, 0.3) is 11.3 Å². The first-order valence-electron chi connectivity index (χ1n) is 12.7. The van der Waals surface area contributed by atoms with Crippen molar-refractivity contribution in [1.29, 1.82) is 0 Å². The van der Waals surface area contributed by atoms with Crippen molar-refractivity contribution in [2.24, 2.45) is 0 Å². The number of nitrogens with zero attached hydrogens (tertiary/aromatic N) is 4. The average Bonchev–Trinajstić information content (AvgIpc) is 2.95. The molecule has 2 N–H and O–H groups in total. The fraction of sp³-hybridized carbons (Fsp3) is 0.370. The highest BCUT2D eigenvalue weighted by molar-refractivity contribution is 5.73. The molecule has 2 aromatic carbocycles. The zero-order valence-electron chi connectivity index (χ0n) is 21.8. The van der Waals surface area contributed by atoms with E-state index in [0.29, 0.717) is 37.6 Å². The van der Waals surface area contributed by atoms with E-state index in [4.69, 9.17) is 19.4 Å². The first kappa shape index (κ1) is 30.1. The van der Waals surface area contributed by atoms with Gasteiger partial charge >= 0.3 is 12.1 Å². The number of morpholine rings is 2. The fourth-order valence-electron chi connectivity index (χ4n) is 4.24. The van der Waals surface area contributed by atoms with Gasteiger partial charge in [-0.05, 0) is 35.9 Å². The maximum atomic E-state index is 14.7. The number of carbonyl (C=O) groups is 1. The third-order valence-electron chi connectivity index (χ3n) is 6.21. The lowest BCUT2D eigenvalue weighted by Crippen LogP contribution is -2.36. The van der Waals surface area contributed by atoms with Crippen LogP contribution in [0.3, 0.4) is 0 Å². The maximum Gasteiger partial charge on any atom is 0.490 e. The number of anilines is 3. The second-order valence-corrected chi connectivity index (χ2v) is 9.20. The number of rotatable bonds is 6. The minimum atomic E-state index is -5.08. The summed E-state index contributed by atoms with van der Waals surface area (Å²) in [6.45, 7) is 6.59. The summed E-state index contributed by atoms with van der Waals surface area (Å²) in [5.74, 6) is -3.56. The fourth-order valence-corrected chi connectivity index (χ4v) is 4.24. The van der Waals surface area contributed by atoms with E-state index in [9.17, 15) is 22.0 Å². The van der Waals surface area contributed by atoms with Gasteiger partial charge < -0.3 is 24.8 Å². The molecule has 0 amide bonds. The number of carboxylic acid groups (broad SMARTS) is 1. The third kappa shape index (κ3) is 8.80. The van der Waals surface area contributed by atoms with Crippen LogP contribution in [0.1, 0.15) is 5.56 Å². The smallest absolute Gasteiger partial charge is 0.475 e. The van der Waals surface area contributed by atoms with Gasteiger partial charge in [-0.25, -0.2) is 23.5 Å². The summed E-state index contributed by atoms with van der Waals surface area (Å²) in [7, 11) is 0. The summed E-state index contributed by atoms with van der Waals surface area (Å²) >= 11 is 0. The highest BCUT2D eigenvalue weighted by Crippen LogP contribution is 2.29. The molecule has 0 atom stereocenters. The monoisotopic (exact) mass is 581 g/mol. The predicted molar refractivity (Wildman–Crippen MR) is 140 cm³/mol. The second-order valence-electron chi connectivity index (χ2n) is 9.20. The van der Waals surface area contributed by atoms with Gasteiger partial charge in [-0.1, -0.05) is 12.1 Å². The summed E-state index contributed by atoms with van der Waals surface area (Å²) in [5.41, 5.74) is 3.05. The summed E-state index contributed by atoms with van der Waals surface area (Å²) in [4.78, 5) is 21.7. The lowest BCUT2D eigenvalue weighted by atomic mass is 10.1. The average molecular weight is 582 g/mol. The van der Waals surface area contributed by atoms with E-state index in [1.54, 1.807) is 6.07 Å². The molecule has 41 heavy (non-hydrogen) atoms. The van der Waals surface area contributed by atoms with Crippen LogP contribution in [-0.4, -0.2) is 84.7 Å². The quantitative estimate of drug-likeness (QED) is 0.409.